The molecule has 1 aromatic heterocycles. The third-order valence-electron chi connectivity index (χ3n) is 8.53. The number of anilines is 1. The van der Waals surface area contributed by atoms with Gasteiger partial charge in [0.1, 0.15) is 11.4 Å². The molecule has 4 atom stereocenters. The number of imide groups is 1. The van der Waals surface area contributed by atoms with E-state index >= 15 is 0 Å². The van der Waals surface area contributed by atoms with Crippen LogP contribution in [0.1, 0.15) is 30.8 Å². The molecule has 4 aromatic rings. The van der Waals surface area contributed by atoms with E-state index in [9.17, 15) is 27.6 Å². The maximum Gasteiger partial charge on any atom is 0.416 e. The molecule has 0 aliphatic carbocycles. The molecule has 2 amide bonds. The van der Waals surface area contributed by atoms with Gasteiger partial charge in [0.25, 0.3) is 5.56 Å². The molecule has 208 valence electrons. The minimum Gasteiger partial charge on any atom is -0.296 e. The van der Waals surface area contributed by atoms with Gasteiger partial charge in [-0.1, -0.05) is 55.8 Å². The van der Waals surface area contributed by atoms with E-state index in [0.717, 1.165) is 23.1 Å². The van der Waals surface area contributed by atoms with Gasteiger partial charge in [-0.05, 0) is 42.3 Å². The predicted octanol–water partition coefficient (Wildman–Crippen LogP) is 5.05. The standard InChI is InChI=1S/C30H22ClF3N4O3/c1-14(2)24-22-23(27(41)37(26(22)40)21-13-15(30(32,33)34)11-12-18(21)31)29(36-24)17-8-4-6-10-20(17)38-25(39)16-7-3-5-9-19(16)35-28(29)38/h3-14,22-24,36H,1-2H3/t22-,23+,24+,29-/m1/s1. The molecular weight excluding hydrogens is 557 g/mol. The Hall–Kier alpha value is -4.02. The molecule has 0 radical (unpaired) electrons. The lowest BCUT2D eigenvalue weighted by Gasteiger charge is -2.32. The monoisotopic (exact) mass is 578 g/mol. The van der Waals surface area contributed by atoms with E-state index in [1.54, 1.807) is 48.5 Å². The van der Waals surface area contributed by atoms with Crippen molar-refractivity contribution >= 4 is 40.0 Å². The largest absolute Gasteiger partial charge is 0.416 e. The van der Waals surface area contributed by atoms with E-state index in [2.05, 4.69) is 5.32 Å². The Kier molecular flexibility index (Phi) is 5.37. The number of aromatic nitrogens is 2. The van der Waals surface area contributed by atoms with Crippen LogP contribution in [0.5, 0.6) is 0 Å². The van der Waals surface area contributed by atoms with Crippen LogP contribution < -0.4 is 15.8 Å². The molecular formula is C30H22ClF3N4O3. The van der Waals surface area contributed by atoms with E-state index in [-0.39, 0.29) is 28.0 Å². The highest BCUT2D eigenvalue weighted by Crippen LogP contribution is 2.57. The number of para-hydroxylation sites is 2. The molecule has 1 spiro atoms. The molecule has 3 aromatic carbocycles. The molecule has 3 aliphatic rings. The van der Waals surface area contributed by atoms with E-state index in [1.807, 2.05) is 13.8 Å². The van der Waals surface area contributed by atoms with Crippen molar-refractivity contribution in [1.82, 2.24) is 14.9 Å². The second-order valence-corrected chi connectivity index (χ2v) is 11.4. The fourth-order valence-electron chi connectivity index (χ4n) is 6.82. The summed E-state index contributed by atoms with van der Waals surface area (Å²) in [5.41, 5.74) is -1.52. The van der Waals surface area contributed by atoms with Crippen molar-refractivity contribution in [2.45, 2.75) is 31.6 Å². The van der Waals surface area contributed by atoms with Gasteiger partial charge in [-0.25, -0.2) is 9.88 Å². The molecule has 41 heavy (non-hydrogen) atoms. The fourth-order valence-corrected chi connectivity index (χ4v) is 7.02. The van der Waals surface area contributed by atoms with Crippen molar-refractivity contribution in [3.63, 3.8) is 0 Å². The van der Waals surface area contributed by atoms with Crippen molar-refractivity contribution < 1.29 is 22.8 Å². The summed E-state index contributed by atoms with van der Waals surface area (Å²) in [7, 11) is 0. The number of fused-ring (bicyclic) bond motifs is 8. The smallest absolute Gasteiger partial charge is 0.296 e. The number of hydrogen-bond acceptors (Lipinski definition) is 5. The Morgan fingerprint density at radius 2 is 1.66 bits per heavy atom. The molecule has 7 rings (SSSR count). The average molecular weight is 579 g/mol. The van der Waals surface area contributed by atoms with Gasteiger partial charge in [0.2, 0.25) is 11.8 Å². The van der Waals surface area contributed by atoms with Crippen molar-refractivity contribution in [3.05, 3.63) is 99.1 Å². The summed E-state index contributed by atoms with van der Waals surface area (Å²) >= 11 is 6.33. The Bertz CT molecular complexity index is 1870. The normalized spacial score (nSPS) is 25.0. The van der Waals surface area contributed by atoms with Crippen LogP contribution in [0, 0.1) is 17.8 Å². The quantitative estimate of drug-likeness (QED) is 0.337. The fraction of sp³-hybridized carbons (Fsp3) is 0.267. The molecule has 0 saturated carbocycles. The number of rotatable bonds is 2. The Labute approximate surface area is 236 Å². The molecule has 1 N–H and O–H groups in total. The minimum absolute atomic E-state index is 0.157. The highest BCUT2D eigenvalue weighted by molar-refractivity contribution is 6.36. The van der Waals surface area contributed by atoms with Gasteiger partial charge in [0, 0.05) is 11.6 Å². The van der Waals surface area contributed by atoms with Gasteiger partial charge < -0.3 is 0 Å². The lowest BCUT2D eigenvalue weighted by molar-refractivity contribution is -0.137. The second kappa shape index (κ2) is 8.50. The molecule has 4 heterocycles. The van der Waals surface area contributed by atoms with E-state index in [1.165, 1.54) is 4.57 Å². The first-order chi connectivity index (χ1) is 19.5. The summed E-state index contributed by atoms with van der Waals surface area (Å²) in [6.45, 7) is 3.79. The van der Waals surface area contributed by atoms with Crippen LogP contribution in [0.4, 0.5) is 18.9 Å². The zero-order chi connectivity index (χ0) is 29.0. The Morgan fingerprint density at radius 1 is 0.951 bits per heavy atom. The molecule has 11 heteroatoms. The zero-order valence-corrected chi connectivity index (χ0v) is 22.5. The van der Waals surface area contributed by atoms with E-state index < -0.39 is 47.0 Å². The van der Waals surface area contributed by atoms with Crippen LogP contribution in [0.3, 0.4) is 0 Å². The van der Waals surface area contributed by atoms with E-state index in [4.69, 9.17) is 16.6 Å². The van der Waals surface area contributed by atoms with Gasteiger partial charge in [-0.3, -0.25) is 24.3 Å². The van der Waals surface area contributed by atoms with E-state index in [0.29, 0.717) is 22.2 Å². The van der Waals surface area contributed by atoms with Crippen molar-refractivity contribution in [2.75, 3.05) is 4.90 Å². The summed E-state index contributed by atoms with van der Waals surface area (Å²) in [4.78, 5) is 48.0. The van der Waals surface area contributed by atoms with Crippen LogP contribution in [-0.2, 0) is 21.3 Å². The lowest BCUT2D eigenvalue weighted by atomic mass is 9.75. The highest BCUT2D eigenvalue weighted by Gasteiger charge is 2.70. The molecule has 0 bridgehead atoms. The van der Waals surface area contributed by atoms with Crippen LogP contribution in [0.15, 0.2) is 71.5 Å². The van der Waals surface area contributed by atoms with Crippen molar-refractivity contribution in [3.8, 4) is 5.69 Å². The first kappa shape index (κ1) is 25.9. The van der Waals surface area contributed by atoms with Gasteiger partial charge >= 0.3 is 6.18 Å². The molecule has 3 aliphatic heterocycles. The SMILES string of the molecule is CC(C)[C@@H]1N[C@]2(c3ccccc3-n3c2nc2ccccc2c3=O)[C@@H]2C(=O)N(c3cc(C(F)(F)F)ccc3Cl)C(=O)[C@H]21. The van der Waals surface area contributed by atoms with Crippen LogP contribution in [0.2, 0.25) is 5.02 Å². The number of benzene rings is 3. The highest BCUT2D eigenvalue weighted by atomic mass is 35.5. The number of carbonyl (C=O) groups excluding carboxylic acids is 2. The summed E-state index contributed by atoms with van der Waals surface area (Å²) in [5, 5.41) is 3.79. The number of nitrogens with one attached hydrogen (secondary N) is 1. The van der Waals surface area contributed by atoms with Crippen LogP contribution in [0.25, 0.3) is 16.6 Å². The summed E-state index contributed by atoms with van der Waals surface area (Å²) in [6.07, 6.45) is -4.71. The molecule has 7 nitrogen and oxygen atoms in total. The van der Waals surface area contributed by atoms with Crippen LogP contribution >= 0.6 is 11.6 Å². The van der Waals surface area contributed by atoms with Crippen molar-refractivity contribution in [1.29, 1.82) is 0 Å². The van der Waals surface area contributed by atoms with Gasteiger partial charge in [0.05, 0.1) is 44.7 Å². The zero-order valence-electron chi connectivity index (χ0n) is 21.7. The summed E-state index contributed by atoms with van der Waals surface area (Å²) in [6, 6.07) is 16.0. The number of carbonyl (C=O) groups is 2. The molecule has 0 unspecified atom stereocenters. The number of amides is 2. The van der Waals surface area contributed by atoms with Gasteiger partial charge in [-0.15, -0.1) is 0 Å². The third-order valence-corrected chi connectivity index (χ3v) is 8.85. The maximum absolute atomic E-state index is 14.4. The number of alkyl halides is 3. The molecule has 2 fully saturated rings. The first-order valence-electron chi connectivity index (χ1n) is 13.1. The first-order valence-corrected chi connectivity index (χ1v) is 13.5. The second-order valence-electron chi connectivity index (χ2n) is 11.0. The third kappa shape index (κ3) is 3.31. The average Bonchev–Trinajstić information content (AvgIpc) is 3.52. The van der Waals surface area contributed by atoms with Gasteiger partial charge in [-0.2, -0.15) is 13.2 Å². The number of halogens is 4. The summed E-state index contributed by atoms with van der Waals surface area (Å²) in [5.74, 6) is -3.31. The number of hydrogen-bond donors (Lipinski definition) is 1. The lowest BCUT2D eigenvalue weighted by Crippen LogP contribution is -2.51. The predicted molar refractivity (Wildman–Crippen MR) is 146 cm³/mol. The van der Waals surface area contributed by atoms with Crippen LogP contribution in [-0.4, -0.2) is 27.4 Å². The number of nitrogens with zero attached hydrogens (tertiary/aromatic N) is 3. The minimum atomic E-state index is -4.71. The topological polar surface area (TPSA) is 84.3 Å². The van der Waals surface area contributed by atoms with Gasteiger partial charge in [0.15, 0.2) is 0 Å². The summed E-state index contributed by atoms with van der Waals surface area (Å²) < 4.78 is 42.4. The maximum atomic E-state index is 14.4. The molecule has 2 saturated heterocycles. The van der Waals surface area contributed by atoms with Crippen molar-refractivity contribution in [2.24, 2.45) is 17.8 Å². The Balaban J connectivity index is 1.51. The Morgan fingerprint density at radius 3 is 2.39 bits per heavy atom.